The second-order valence-corrected chi connectivity index (χ2v) is 14.7. The van der Waals surface area contributed by atoms with Crippen molar-refractivity contribution < 1.29 is 44.6 Å². The van der Waals surface area contributed by atoms with Gasteiger partial charge in [-0.2, -0.15) is 13.5 Å². The number of aromatic nitrogens is 1. The smallest absolute Gasteiger partial charge is 0.387 e. The molecule has 1 aliphatic rings. The molecule has 16 heteroatoms. The third-order valence-electron chi connectivity index (χ3n) is 6.62. The van der Waals surface area contributed by atoms with Crippen LogP contribution in [0.15, 0.2) is 64.6 Å². The number of esters is 1. The Balaban J connectivity index is 1.56. The minimum absolute atomic E-state index is 0.0110. The molecule has 1 N–H and O–H groups in total. The number of nitrogens with one attached hydrogen (secondary N) is 1. The lowest BCUT2D eigenvalue weighted by atomic mass is 10.0. The first-order valence-electron chi connectivity index (χ1n) is 13.3. The van der Waals surface area contributed by atoms with Crippen molar-refractivity contribution in [3.05, 3.63) is 76.0 Å². The minimum atomic E-state index is -4.23. The van der Waals surface area contributed by atoms with Crippen LogP contribution in [0.25, 0.3) is 0 Å². The van der Waals surface area contributed by atoms with Crippen LogP contribution < -0.4 is 14.2 Å². The number of benzene rings is 2. The molecule has 3 aromatic rings. The Morgan fingerprint density at radius 3 is 2.23 bits per heavy atom. The van der Waals surface area contributed by atoms with Gasteiger partial charge in [0.05, 0.1) is 32.2 Å². The Hall–Kier alpha value is -3.04. The minimum Gasteiger partial charge on any atom is -0.489 e. The number of carbonyl (C=O) groups is 1. The van der Waals surface area contributed by atoms with Crippen LogP contribution in [0.1, 0.15) is 37.0 Å². The molecule has 0 spiro atoms. The molecule has 4 rings (SSSR count). The lowest BCUT2D eigenvalue weighted by molar-refractivity contribution is -0.148. The number of ether oxygens (including phenoxy) is 3. The van der Waals surface area contributed by atoms with Crippen LogP contribution in [0.3, 0.4) is 0 Å². The van der Waals surface area contributed by atoms with Crippen molar-refractivity contribution in [1.82, 2.24) is 9.71 Å². The highest BCUT2D eigenvalue weighted by atomic mass is 35.5. The van der Waals surface area contributed by atoms with Gasteiger partial charge >= 0.3 is 12.6 Å². The van der Waals surface area contributed by atoms with E-state index in [1.54, 1.807) is 0 Å². The summed E-state index contributed by atoms with van der Waals surface area (Å²) >= 11 is 12.6. The van der Waals surface area contributed by atoms with Crippen molar-refractivity contribution in [3.8, 4) is 11.5 Å². The predicted octanol–water partition coefficient (Wildman–Crippen LogP) is 5.38. The number of pyridine rings is 1. The molecular weight excluding hydrogens is 665 g/mol. The van der Waals surface area contributed by atoms with Crippen molar-refractivity contribution in [2.75, 3.05) is 18.9 Å². The fourth-order valence-corrected chi connectivity index (χ4v) is 6.37. The summed E-state index contributed by atoms with van der Waals surface area (Å²) in [6.45, 7) is -2.15. The average Bonchev–Trinajstić information content (AvgIpc) is 3.81. The van der Waals surface area contributed by atoms with Gasteiger partial charge < -0.3 is 14.2 Å². The van der Waals surface area contributed by atoms with Crippen molar-refractivity contribution in [3.63, 3.8) is 0 Å². The quantitative estimate of drug-likeness (QED) is 0.208. The molecule has 10 nitrogen and oxygen atoms in total. The van der Waals surface area contributed by atoms with Crippen LogP contribution in [0.5, 0.6) is 11.5 Å². The van der Waals surface area contributed by atoms with E-state index < -0.39 is 45.1 Å². The van der Waals surface area contributed by atoms with Crippen molar-refractivity contribution >= 4 is 49.0 Å². The van der Waals surface area contributed by atoms with Gasteiger partial charge in [0.25, 0.3) is 0 Å². The van der Waals surface area contributed by atoms with Crippen LogP contribution >= 0.6 is 23.2 Å². The number of hydrogen-bond donors (Lipinski definition) is 1. The lowest BCUT2D eigenvalue weighted by Crippen LogP contribution is -2.31. The van der Waals surface area contributed by atoms with Crippen molar-refractivity contribution in [2.24, 2.45) is 5.92 Å². The highest BCUT2D eigenvalue weighted by Crippen LogP contribution is 2.38. The Kier molecular flexibility index (Phi) is 11.1. The molecule has 0 radical (unpaired) electrons. The number of alkyl halides is 2. The van der Waals surface area contributed by atoms with Crippen LogP contribution in [0, 0.1) is 5.92 Å². The monoisotopic (exact) mass is 692 g/mol. The molecule has 238 valence electrons. The van der Waals surface area contributed by atoms with Crippen LogP contribution in [0.2, 0.25) is 10.0 Å². The van der Waals surface area contributed by atoms with Gasteiger partial charge in [0.15, 0.2) is 21.3 Å². The molecule has 0 amide bonds. The number of halogens is 4. The number of carbonyl (C=O) groups excluding carboxylic acids is 1. The molecule has 2 aromatic carbocycles. The van der Waals surface area contributed by atoms with E-state index >= 15 is 0 Å². The number of sulfonamides is 1. The molecule has 0 saturated heterocycles. The van der Waals surface area contributed by atoms with Gasteiger partial charge in [-0.3, -0.25) is 9.78 Å². The Morgan fingerprint density at radius 2 is 1.64 bits per heavy atom. The summed E-state index contributed by atoms with van der Waals surface area (Å²) < 4.78 is 93.9. The maximum atomic E-state index is 13.0. The topological polar surface area (TPSA) is 138 Å². The van der Waals surface area contributed by atoms with E-state index in [0.717, 1.165) is 37.1 Å². The van der Waals surface area contributed by atoms with E-state index in [1.807, 2.05) is 0 Å². The molecule has 1 aromatic heterocycles. The molecule has 1 saturated carbocycles. The Morgan fingerprint density at radius 1 is 1.00 bits per heavy atom. The summed E-state index contributed by atoms with van der Waals surface area (Å²) in [5.74, 6) is -1.05. The summed E-state index contributed by atoms with van der Waals surface area (Å²) in [5.41, 5.74) is 0.683. The molecular formula is C28H28Cl2F2N2O8S2. The van der Waals surface area contributed by atoms with Crippen molar-refractivity contribution in [1.29, 1.82) is 0 Å². The largest absolute Gasteiger partial charge is 0.489 e. The van der Waals surface area contributed by atoms with Gasteiger partial charge in [-0.15, -0.1) is 0 Å². The lowest BCUT2D eigenvalue weighted by Gasteiger charge is -2.21. The SMILES string of the molecule is CCS(=O)(=O)c1ccc(S(=O)(=O)NCC(=O)O[C@@H](Cc2c(Cl)cncc2Cl)c2ccc(OC(F)F)c(OCC3CC3)c2)cc1. The maximum absolute atomic E-state index is 13.0. The summed E-state index contributed by atoms with van der Waals surface area (Å²) in [4.78, 5) is 16.5. The van der Waals surface area contributed by atoms with Crippen LogP contribution in [-0.2, 0) is 35.8 Å². The van der Waals surface area contributed by atoms with Gasteiger partial charge in [-0.25, -0.2) is 16.8 Å². The fraction of sp³-hybridized carbons (Fsp3) is 0.357. The third kappa shape index (κ3) is 9.00. The van der Waals surface area contributed by atoms with E-state index in [4.69, 9.17) is 32.7 Å². The average molecular weight is 694 g/mol. The maximum Gasteiger partial charge on any atom is 0.387 e. The molecule has 1 atom stereocenters. The zero-order valence-electron chi connectivity index (χ0n) is 23.2. The molecule has 0 aliphatic heterocycles. The summed E-state index contributed by atoms with van der Waals surface area (Å²) in [6.07, 6.45) is 3.38. The van der Waals surface area contributed by atoms with E-state index in [0.29, 0.717) is 17.0 Å². The standard InChI is InChI=1S/C28H28Cl2F2N2O8S2/c1-2-43(36,37)19-6-8-20(9-7-19)44(38,39)34-15-27(35)41-25(12-21-22(29)13-33-14-23(21)30)18-5-10-24(42-28(31)32)26(11-18)40-16-17-3-4-17/h5-11,13-14,17,25,28,34H,2-4,12,15-16H2,1H3/t25-/m0/s1. The molecule has 44 heavy (non-hydrogen) atoms. The second kappa shape index (κ2) is 14.4. The van der Waals surface area contributed by atoms with E-state index in [9.17, 15) is 30.4 Å². The Bertz CT molecular complexity index is 1680. The molecule has 1 aliphatic carbocycles. The van der Waals surface area contributed by atoms with Crippen LogP contribution in [0.4, 0.5) is 8.78 Å². The second-order valence-electron chi connectivity index (χ2n) is 9.80. The highest BCUT2D eigenvalue weighted by molar-refractivity contribution is 7.91. The first kappa shape index (κ1) is 33.8. The van der Waals surface area contributed by atoms with Gasteiger partial charge in [-0.1, -0.05) is 36.2 Å². The zero-order chi connectivity index (χ0) is 32.1. The van der Waals surface area contributed by atoms with Gasteiger partial charge in [0, 0.05) is 18.8 Å². The number of hydrogen-bond acceptors (Lipinski definition) is 9. The molecule has 0 unspecified atom stereocenters. The van der Waals surface area contributed by atoms with E-state index in [1.165, 1.54) is 37.5 Å². The van der Waals surface area contributed by atoms with E-state index in [2.05, 4.69) is 14.4 Å². The Labute approximate surface area is 263 Å². The number of sulfone groups is 1. The molecule has 1 fully saturated rings. The number of rotatable bonds is 15. The van der Waals surface area contributed by atoms with Gasteiger partial charge in [0.2, 0.25) is 10.0 Å². The molecule has 1 heterocycles. The molecule has 0 bridgehead atoms. The van der Waals surface area contributed by atoms with Crippen LogP contribution in [-0.4, -0.2) is 53.3 Å². The number of nitrogens with zero attached hydrogens (tertiary/aromatic N) is 1. The zero-order valence-corrected chi connectivity index (χ0v) is 26.4. The third-order valence-corrected chi connectivity index (χ3v) is 10.4. The van der Waals surface area contributed by atoms with E-state index in [-0.39, 0.29) is 50.1 Å². The summed E-state index contributed by atoms with van der Waals surface area (Å²) in [7, 11) is -7.78. The first-order valence-corrected chi connectivity index (χ1v) is 17.2. The van der Waals surface area contributed by atoms with Gasteiger partial charge in [-0.05, 0) is 66.3 Å². The van der Waals surface area contributed by atoms with Gasteiger partial charge in [0.1, 0.15) is 12.6 Å². The van der Waals surface area contributed by atoms with Crippen molar-refractivity contribution in [2.45, 2.75) is 48.7 Å². The summed E-state index contributed by atoms with van der Waals surface area (Å²) in [6, 6.07) is 8.60. The summed E-state index contributed by atoms with van der Waals surface area (Å²) in [5, 5.41) is 0.353. The normalized spacial score (nSPS) is 14.3. The predicted molar refractivity (Wildman–Crippen MR) is 157 cm³/mol. The fourth-order valence-electron chi connectivity index (χ4n) is 4.00. The highest BCUT2D eigenvalue weighted by Gasteiger charge is 2.26. The first-order chi connectivity index (χ1) is 20.8.